The molecule has 0 aliphatic heterocycles. The predicted molar refractivity (Wildman–Crippen MR) is 73.3 cm³/mol. The van der Waals surface area contributed by atoms with Crippen LogP contribution in [0.3, 0.4) is 0 Å². The van der Waals surface area contributed by atoms with Gasteiger partial charge in [-0.1, -0.05) is 5.16 Å². The number of carbonyl (C=O) groups excluding carboxylic acids is 1. The lowest BCUT2D eigenvalue weighted by atomic mass is 10.1. The Morgan fingerprint density at radius 3 is 3.05 bits per heavy atom. The van der Waals surface area contributed by atoms with Gasteiger partial charge in [-0.25, -0.2) is 0 Å². The average molecular weight is 275 g/mol. The zero-order valence-corrected chi connectivity index (χ0v) is 11.5. The number of hydrogen-bond donors (Lipinski definition) is 1. The van der Waals surface area contributed by atoms with E-state index >= 15 is 0 Å². The van der Waals surface area contributed by atoms with Gasteiger partial charge in [0.15, 0.2) is 5.76 Å². The summed E-state index contributed by atoms with van der Waals surface area (Å²) in [4.78, 5) is 16.2. The number of amides is 1. The summed E-state index contributed by atoms with van der Waals surface area (Å²) in [5.74, 6) is 0.249. The molecule has 2 aromatic rings. The summed E-state index contributed by atoms with van der Waals surface area (Å²) in [6.07, 6.45) is 4.06. The molecule has 0 spiro atoms. The van der Waals surface area contributed by atoms with Crippen LogP contribution in [0.15, 0.2) is 29.0 Å². The Hall–Kier alpha value is -2.21. The first-order valence-corrected chi connectivity index (χ1v) is 6.38. The van der Waals surface area contributed by atoms with Crippen LogP contribution >= 0.6 is 0 Å². The van der Waals surface area contributed by atoms with E-state index in [1.165, 1.54) is 0 Å². The fourth-order valence-electron chi connectivity index (χ4n) is 1.84. The third-order valence-electron chi connectivity index (χ3n) is 2.82. The molecule has 106 valence electrons. The van der Waals surface area contributed by atoms with E-state index in [4.69, 9.17) is 9.26 Å². The number of methoxy groups -OCH3 is 1. The van der Waals surface area contributed by atoms with Crippen molar-refractivity contribution in [1.82, 2.24) is 15.5 Å². The molecule has 0 bridgehead atoms. The third kappa shape index (κ3) is 3.21. The van der Waals surface area contributed by atoms with Crippen molar-refractivity contribution in [2.24, 2.45) is 0 Å². The van der Waals surface area contributed by atoms with E-state index in [1.807, 2.05) is 6.07 Å². The minimum Gasteiger partial charge on any atom is -0.385 e. The molecular weight excluding hydrogens is 258 g/mol. The van der Waals surface area contributed by atoms with Crippen LogP contribution < -0.4 is 5.32 Å². The van der Waals surface area contributed by atoms with E-state index in [1.54, 1.807) is 32.5 Å². The number of rotatable bonds is 6. The minimum atomic E-state index is -0.196. The molecule has 0 aliphatic rings. The van der Waals surface area contributed by atoms with E-state index in [-0.39, 0.29) is 5.91 Å². The molecule has 6 heteroatoms. The van der Waals surface area contributed by atoms with E-state index in [0.29, 0.717) is 30.2 Å². The third-order valence-corrected chi connectivity index (χ3v) is 2.82. The van der Waals surface area contributed by atoms with E-state index in [0.717, 1.165) is 12.0 Å². The van der Waals surface area contributed by atoms with Crippen LogP contribution in [0.25, 0.3) is 11.3 Å². The molecule has 0 aliphatic carbocycles. The van der Waals surface area contributed by atoms with Gasteiger partial charge in [-0.3, -0.25) is 9.78 Å². The van der Waals surface area contributed by atoms with Gasteiger partial charge in [-0.05, 0) is 25.5 Å². The highest BCUT2D eigenvalue weighted by Crippen LogP contribution is 2.25. The van der Waals surface area contributed by atoms with Gasteiger partial charge < -0.3 is 14.6 Å². The Balaban J connectivity index is 2.15. The number of ether oxygens (including phenoxy) is 1. The molecule has 6 nitrogen and oxygen atoms in total. The average Bonchev–Trinajstić information content (AvgIpc) is 2.86. The summed E-state index contributed by atoms with van der Waals surface area (Å²) in [6, 6.07) is 3.61. The van der Waals surface area contributed by atoms with Gasteiger partial charge >= 0.3 is 0 Å². The van der Waals surface area contributed by atoms with Gasteiger partial charge in [0, 0.05) is 38.2 Å². The molecule has 0 radical (unpaired) electrons. The van der Waals surface area contributed by atoms with E-state index in [2.05, 4.69) is 15.5 Å². The maximum atomic E-state index is 12.2. The summed E-state index contributed by atoms with van der Waals surface area (Å²) in [6.45, 7) is 2.90. The fourth-order valence-corrected chi connectivity index (χ4v) is 1.84. The van der Waals surface area contributed by atoms with Gasteiger partial charge in [0.2, 0.25) is 0 Å². The molecule has 1 amide bonds. The van der Waals surface area contributed by atoms with Gasteiger partial charge in [0.05, 0.1) is 5.69 Å². The molecule has 1 N–H and O–H groups in total. The topological polar surface area (TPSA) is 77.2 Å². The van der Waals surface area contributed by atoms with Gasteiger partial charge in [-0.2, -0.15) is 0 Å². The minimum absolute atomic E-state index is 0.196. The van der Waals surface area contributed by atoms with Crippen molar-refractivity contribution >= 4 is 5.91 Å². The van der Waals surface area contributed by atoms with Crippen molar-refractivity contribution < 1.29 is 14.1 Å². The summed E-state index contributed by atoms with van der Waals surface area (Å²) in [7, 11) is 1.63. The molecule has 0 atom stereocenters. The maximum absolute atomic E-state index is 12.2. The van der Waals surface area contributed by atoms with Crippen molar-refractivity contribution in [2.45, 2.75) is 13.3 Å². The standard InChI is InChI=1S/C14H17N3O3/c1-10-12(14(18)16-7-4-8-19-2)13(20-17-10)11-5-3-6-15-9-11/h3,5-6,9H,4,7-8H2,1-2H3,(H,16,18). The molecule has 0 aromatic carbocycles. The maximum Gasteiger partial charge on any atom is 0.257 e. The number of aryl methyl sites for hydroxylation is 1. The lowest BCUT2D eigenvalue weighted by molar-refractivity contribution is 0.0948. The van der Waals surface area contributed by atoms with E-state index in [9.17, 15) is 4.79 Å². The smallest absolute Gasteiger partial charge is 0.257 e. The molecule has 0 saturated heterocycles. The molecule has 0 unspecified atom stereocenters. The number of hydrogen-bond acceptors (Lipinski definition) is 5. The highest BCUT2D eigenvalue weighted by atomic mass is 16.5. The molecule has 2 rings (SSSR count). The zero-order valence-electron chi connectivity index (χ0n) is 11.5. The lowest BCUT2D eigenvalue weighted by Gasteiger charge is -2.05. The highest BCUT2D eigenvalue weighted by Gasteiger charge is 2.21. The van der Waals surface area contributed by atoms with Gasteiger partial charge in [0.25, 0.3) is 5.91 Å². The number of nitrogens with zero attached hydrogens (tertiary/aromatic N) is 2. The largest absolute Gasteiger partial charge is 0.385 e. The van der Waals surface area contributed by atoms with Crippen LogP contribution in [-0.4, -0.2) is 36.3 Å². The molecule has 0 saturated carbocycles. The van der Waals surface area contributed by atoms with Crippen LogP contribution in [0, 0.1) is 6.92 Å². The second kappa shape index (κ2) is 6.81. The van der Waals surface area contributed by atoms with E-state index < -0.39 is 0 Å². The SMILES string of the molecule is COCCCNC(=O)c1c(C)noc1-c1cccnc1. The van der Waals surface area contributed by atoms with Gasteiger partial charge in [0.1, 0.15) is 5.56 Å². The summed E-state index contributed by atoms with van der Waals surface area (Å²) < 4.78 is 10.2. The number of pyridine rings is 1. The summed E-state index contributed by atoms with van der Waals surface area (Å²) in [5, 5.41) is 6.70. The molecule has 2 aromatic heterocycles. The molecule has 0 fully saturated rings. The molecular formula is C14H17N3O3. The quantitative estimate of drug-likeness (QED) is 0.813. The van der Waals surface area contributed by atoms with Crippen molar-refractivity contribution in [1.29, 1.82) is 0 Å². The second-order valence-corrected chi connectivity index (χ2v) is 4.32. The van der Waals surface area contributed by atoms with Crippen LogP contribution in [0.2, 0.25) is 0 Å². The normalized spacial score (nSPS) is 10.5. The first kappa shape index (κ1) is 14.2. The number of nitrogens with one attached hydrogen (secondary N) is 1. The number of aromatic nitrogens is 2. The number of carbonyl (C=O) groups is 1. The first-order chi connectivity index (χ1) is 9.74. The van der Waals surface area contributed by atoms with Crippen molar-refractivity contribution in [3.8, 4) is 11.3 Å². The Kier molecular flexibility index (Phi) is 4.84. The monoisotopic (exact) mass is 275 g/mol. The Morgan fingerprint density at radius 2 is 2.35 bits per heavy atom. The second-order valence-electron chi connectivity index (χ2n) is 4.32. The molecule has 2 heterocycles. The lowest BCUT2D eigenvalue weighted by Crippen LogP contribution is -2.26. The highest BCUT2D eigenvalue weighted by molar-refractivity contribution is 6.00. The fraction of sp³-hybridized carbons (Fsp3) is 0.357. The van der Waals surface area contributed by atoms with Crippen LogP contribution in [0.1, 0.15) is 22.5 Å². The zero-order chi connectivity index (χ0) is 14.4. The van der Waals surface area contributed by atoms with Gasteiger partial charge in [-0.15, -0.1) is 0 Å². The summed E-state index contributed by atoms with van der Waals surface area (Å²) >= 11 is 0. The van der Waals surface area contributed by atoms with Crippen LogP contribution in [-0.2, 0) is 4.74 Å². The Morgan fingerprint density at radius 1 is 1.50 bits per heavy atom. The van der Waals surface area contributed by atoms with Crippen molar-refractivity contribution in [3.05, 3.63) is 35.8 Å². The predicted octanol–water partition coefficient (Wildman–Crippen LogP) is 1.81. The Bertz CT molecular complexity index is 566. The van der Waals surface area contributed by atoms with Crippen LogP contribution in [0.5, 0.6) is 0 Å². The van der Waals surface area contributed by atoms with Crippen LogP contribution in [0.4, 0.5) is 0 Å². The Labute approximate surface area is 117 Å². The first-order valence-electron chi connectivity index (χ1n) is 6.38. The van der Waals surface area contributed by atoms with Crippen molar-refractivity contribution in [3.63, 3.8) is 0 Å². The summed E-state index contributed by atoms with van der Waals surface area (Å²) in [5.41, 5.74) is 1.75. The van der Waals surface area contributed by atoms with Crippen molar-refractivity contribution in [2.75, 3.05) is 20.3 Å². The molecule has 20 heavy (non-hydrogen) atoms.